The van der Waals surface area contributed by atoms with Gasteiger partial charge in [0.25, 0.3) is 0 Å². The van der Waals surface area contributed by atoms with Crippen molar-refractivity contribution in [2.24, 2.45) is 22.2 Å². The SMILES string of the molecule is CCN=C(NC1C2CCOC2C12CCCC2)N1CCC(CN2CCCCC2)C1.I. The molecule has 29 heavy (non-hydrogen) atoms. The number of guanidine groups is 1. The quantitative estimate of drug-likeness (QED) is 0.351. The van der Waals surface area contributed by atoms with Crippen molar-refractivity contribution in [1.29, 1.82) is 0 Å². The predicted octanol–water partition coefficient (Wildman–Crippen LogP) is 3.73. The van der Waals surface area contributed by atoms with E-state index in [0.717, 1.165) is 19.1 Å². The van der Waals surface area contributed by atoms with Crippen LogP contribution < -0.4 is 5.32 Å². The molecule has 3 saturated heterocycles. The van der Waals surface area contributed by atoms with Gasteiger partial charge in [0.2, 0.25) is 0 Å². The Morgan fingerprint density at radius 3 is 2.62 bits per heavy atom. The van der Waals surface area contributed by atoms with E-state index < -0.39 is 0 Å². The number of nitrogens with one attached hydrogen (secondary N) is 1. The maximum atomic E-state index is 6.19. The van der Waals surface area contributed by atoms with Crippen LogP contribution in [0.2, 0.25) is 0 Å². The van der Waals surface area contributed by atoms with Gasteiger partial charge in [0.1, 0.15) is 0 Å². The highest BCUT2D eigenvalue weighted by molar-refractivity contribution is 14.0. The zero-order valence-electron chi connectivity index (χ0n) is 18.3. The molecule has 4 atom stereocenters. The first-order chi connectivity index (χ1) is 13.8. The Labute approximate surface area is 194 Å². The Hall–Kier alpha value is -0.0800. The monoisotopic (exact) mass is 516 g/mol. The summed E-state index contributed by atoms with van der Waals surface area (Å²) in [6.07, 6.45) is 12.8. The first-order valence-electron chi connectivity index (χ1n) is 12.2. The highest BCUT2D eigenvalue weighted by Gasteiger charge is 2.65. The number of halogens is 1. The fraction of sp³-hybridized carbons (Fsp3) is 0.957. The van der Waals surface area contributed by atoms with Crippen molar-refractivity contribution in [1.82, 2.24) is 15.1 Å². The Morgan fingerprint density at radius 1 is 1.07 bits per heavy atom. The lowest BCUT2D eigenvalue weighted by Crippen LogP contribution is -2.69. The molecule has 1 N–H and O–H groups in total. The lowest BCUT2D eigenvalue weighted by molar-refractivity contribution is -0.125. The van der Waals surface area contributed by atoms with Gasteiger partial charge in [-0.1, -0.05) is 19.3 Å². The van der Waals surface area contributed by atoms with Gasteiger partial charge in [-0.25, -0.2) is 0 Å². The van der Waals surface area contributed by atoms with Crippen LogP contribution in [0, 0.1) is 17.3 Å². The van der Waals surface area contributed by atoms with E-state index in [9.17, 15) is 0 Å². The van der Waals surface area contributed by atoms with E-state index in [1.54, 1.807) is 0 Å². The molecule has 4 unspecified atom stereocenters. The van der Waals surface area contributed by atoms with E-state index >= 15 is 0 Å². The third-order valence-electron chi connectivity index (χ3n) is 8.43. The molecule has 5 aliphatic rings. The number of rotatable bonds is 4. The van der Waals surface area contributed by atoms with Gasteiger partial charge < -0.3 is 19.9 Å². The van der Waals surface area contributed by atoms with E-state index in [0.29, 0.717) is 23.5 Å². The summed E-state index contributed by atoms with van der Waals surface area (Å²) in [5.41, 5.74) is 0.405. The van der Waals surface area contributed by atoms with E-state index in [1.165, 1.54) is 96.5 Å². The number of fused-ring (bicyclic) bond motifs is 2. The molecule has 1 spiro atoms. The smallest absolute Gasteiger partial charge is 0.194 e. The minimum atomic E-state index is 0. The molecule has 166 valence electrons. The van der Waals surface area contributed by atoms with Gasteiger partial charge in [-0.05, 0) is 64.5 Å². The number of piperidine rings is 1. The predicted molar refractivity (Wildman–Crippen MR) is 129 cm³/mol. The highest BCUT2D eigenvalue weighted by Crippen LogP contribution is 2.60. The van der Waals surface area contributed by atoms with E-state index in [-0.39, 0.29) is 24.0 Å². The summed E-state index contributed by atoms with van der Waals surface area (Å²) in [5, 5.41) is 4.01. The molecule has 3 aliphatic heterocycles. The second-order valence-corrected chi connectivity index (χ2v) is 10.1. The first-order valence-corrected chi connectivity index (χ1v) is 12.2. The molecule has 0 aromatic rings. The van der Waals surface area contributed by atoms with Crippen molar-refractivity contribution in [2.45, 2.75) is 76.9 Å². The maximum Gasteiger partial charge on any atom is 0.194 e. The number of ether oxygens (including phenoxy) is 1. The number of hydrogen-bond acceptors (Lipinski definition) is 3. The summed E-state index contributed by atoms with van der Waals surface area (Å²) in [5.74, 6) is 2.73. The van der Waals surface area contributed by atoms with Gasteiger partial charge in [0.15, 0.2) is 5.96 Å². The molecule has 5 nitrogen and oxygen atoms in total. The van der Waals surface area contributed by atoms with Gasteiger partial charge in [-0.2, -0.15) is 0 Å². The van der Waals surface area contributed by atoms with Crippen molar-refractivity contribution in [2.75, 3.05) is 45.9 Å². The average molecular weight is 517 g/mol. The summed E-state index contributed by atoms with van der Waals surface area (Å²) in [7, 11) is 0. The van der Waals surface area contributed by atoms with Crippen molar-refractivity contribution in [3.63, 3.8) is 0 Å². The Bertz CT molecular complexity index is 573. The van der Waals surface area contributed by atoms with E-state index in [1.807, 2.05) is 0 Å². The number of likely N-dealkylation sites (tertiary alicyclic amines) is 2. The summed E-state index contributed by atoms with van der Waals surface area (Å²) in [4.78, 5) is 10.2. The molecule has 0 bridgehead atoms. The van der Waals surface area contributed by atoms with Crippen molar-refractivity contribution in [3.05, 3.63) is 0 Å². The van der Waals surface area contributed by atoms with Gasteiger partial charge in [-0.3, -0.25) is 4.99 Å². The topological polar surface area (TPSA) is 40.1 Å². The Morgan fingerprint density at radius 2 is 1.86 bits per heavy atom. The molecule has 0 aromatic carbocycles. The van der Waals surface area contributed by atoms with Crippen LogP contribution >= 0.6 is 24.0 Å². The van der Waals surface area contributed by atoms with E-state index in [4.69, 9.17) is 9.73 Å². The van der Waals surface area contributed by atoms with E-state index in [2.05, 4.69) is 22.0 Å². The van der Waals surface area contributed by atoms with Crippen LogP contribution in [0.3, 0.4) is 0 Å². The van der Waals surface area contributed by atoms with Crippen LogP contribution in [0.15, 0.2) is 4.99 Å². The van der Waals surface area contributed by atoms with Gasteiger partial charge in [0, 0.05) is 50.2 Å². The molecule has 3 heterocycles. The van der Waals surface area contributed by atoms with Gasteiger partial charge in [-0.15, -0.1) is 24.0 Å². The largest absolute Gasteiger partial charge is 0.377 e. The Kier molecular flexibility index (Phi) is 7.32. The summed E-state index contributed by atoms with van der Waals surface area (Å²) in [6.45, 7) is 10.3. The molecule has 0 amide bonds. The highest BCUT2D eigenvalue weighted by atomic mass is 127. The lowest BCUT2D eigenvalue weighted by Gasteiger charge is -2.57. The van der Waals surface area contributed by atoms with Crippen molar-refractivity contribution >= 4 is 29.9 Å². The number of nitrogens with zero attached hydrogens (tertiary/aromatic N) is 3. The molecule has 0 aromatic heterocycles. The fourth-order valence-corrected chi connectivity index (χ4v) is 7.11. The summed E-state index contributed by atoms with van der Waals surface area (Å²) < 4.78 is 6.19. The molecule has 2 aliphatic carbocycles. The fourth-order valence-electron chi connectivity index (χ4n) is 7.11. The van der Waals surface area contributed by atoms with Gasteiger partial charge >= 0.3 is 0 Å². The standard InChI is InChI=1S/C23H40N4O.HI/c1-2-24-22(27-14-8-18(17-27)16-26-12-6-3-7-13-26)25-20-19-9-15-28-21(19)23(20)10-4-5-11-23;/h18-21H,2-17H2,1H3,(H,24,25);1H. The number of hydrogen-bond donors (Lipinski definition) is 1. The minimum absolute atomic E-state index is 0. The van der Waals surface area contributed by atoms with Crippen molar-refractivity contribution in [3.8, 4) is 0 Å². The minimum Gasteiger partial charge on any atom is -0.377 e. The Balaban J connectivity index is 0.00000205. The van der Waals surface area contributed by atoms with Crippen molar-refractivity contribution < 1.29 is 4.74 Å². The second-order valence-electron chi connectivity index (χ2n) is 10.1. The normalized spacial score (nSPS) is 36.7. The van der Waals surface area contributed by atoms with Gasteiger partial charge in [0.05, 0.1) is 6.10 Å². The van der Waals surface area contributed by atoms with Crippen LogP contribution in [-0.2, 0) is 4.74 Å². The van der Waals surface area contributed by atoms with Crippen LogP contribution in [0.4, 0.5) is 0 Å². The third-order valence-corrected chi connectivity index (χ3v) is 8.43. The first kappa shape index (κ1) is 22.1. The molecular weight excluding hydrogens is 475 g/mol. The molecular formula is C23H41IN4O. The summed E-state index contributed by atoms with van der Waals surface area (Å²) >= 11 is 0. The van der Waals surface area contributed by atoms with Crippen LogP contribution in [0.1, 0.15) is 64.7 Å². The maximum absolute atomic E-state index is 6.19. The molecule has 5 rings (SSSR count). The molecule has 2 saturated carbocycles. The molecule has 5 fully saturated rings. The lowest BCUT2D eigenvalue weighted by atomic mass is 9.54. The van der Waals surface area contributed by atoms with Crippen LogP contribution in [0.5, 0.6) is 0 Å². The zero-order valence-corrected chi connectivity index (χ0v) is 20.6. The third kappa shape index (κ3) is 4.19. The number of aliphatic imine (C=N–C) groups is 1. The molecule has 6 heteroatoms. The molecule has 0 radical (unpaired) electrons. The average Bonchev–Trinajstić information content (AvgIpc) is 3.45. The second kappa shape index (κ2) is 9.60. The summed E-state index contributed by atoms with van der Waals surface area (Å²) in [6, 6.07) is 0.592. The zero-order chi connectivity index (χ0) is 19.0. The van der Waals surface area contributed by atoms with Crippen LogP contribution in [0.25, 0.3) is 0 Å². The van der Waals surface area contributed by atoms with Crippen LogP contribution in [-0.4, -0.2) is 73.8 Å².